The normalized spacial score (nSPS) is 9.78. The van der Waals surface area contributed by atoms with Gasteiger partial charge in [0.2, 0.25) is 5.91 Å². The highest BCUT2D eigenvalue weighted by atomic mass is 16.3. The summed E-state index contributed by atoms with van der Waals surface area (Å²) in [7, 11) is 0. The molecule has 116 valence electrons. The van der Waals surface area contributed by atoms with Gasteiger partial charge in [-0.25, -0.2) is 0 Å². The van der Waals surface area contributed by atoms with Crippen LogP contribution in [0.1, 0.15) is 22.8 Å². The van der Waals surface area contributed by atoms with Gasteiger partial charge in [0.05, 0.1) is 0 Å². The molecule has 0 unspecified atom stereocenters. The number of carbonyl (C=O) groups excluding carboxylic acids is 1. The van der Waals surface area contributed by atoms with Gasteiger partial charge in [0.25, 0.3) is 0 Å². The lowest BCUT2D eigenvalue weighted by Crippen LogP contribution is -2.09. The van der Waals surface area contributed by atoms with Crippen LogP contribution in [-0.2, 0) is 0 Å². The van der Waals surface area contributed by atoms with E-state index in [1.54, 1.807) is 37.3 Å². The summed E-state index contributed by atoms with van der Waals surface area (Å²) in [6.45, 7) is 1.67. The Bertz CT molecular complexity index is 842. The van der Waals surface area contributed by atoms with Gasteiger partial charge in [-0.05, 0) is 30.5 Å². The van der Waals surface area contributed by atoms with Crippen molar-refractivity contribution in [2.24, 2.45) is 5.73 Å². The van der Waals surface area contributed by atoms with Gasteiger partial charge in [-0.1, -0.05) is 48.5 Å². The third-order valence-electron chi connectivity index (χ3n) is 3.36. The van der Waals surface area contributed by atoms with Crippen molar-refractivity contribution in [3.63, 3.8) is 0 Å². The van der Waals surface area contributed by atoms with E-state index in [1.165, 1.54) is 0 Å². The smallest absolute Gasteiger partial charge is 0.248 e. The molecule has 0 saturated heterocycles. The molecule has 0 fully saturated rings. The van der Waals surface area contributed by atoms with Crippen LogP contribution in [0.25, 0.3) is 10.8 Å². The van der Waals surface area contributed by atoms with E-state index < -0.39 is 0 Å². The van der Waals surface area contributed by atoms with Crippen LogP contribution >= 0.6 is 0 Å². The number of rotatable bonds is 2. The van der Waals surface area contributed by atoms with E-state index in [-0.39, 0.29) is 11.7 Å². The number of nitrogens with two attached hydrogens (primary N) is 1. The molecule has 0 aliphatic carbocycles. The van der Waals surface area contributed by atoms with E-state index in [0.717, 1.165) is 10.8 Å². The summed E-state index contributed by atoms with van der Waals surface area (Å²) < 4.78 is 0. The van der Waals surface area contributed by atoms with E-state index in [4.69, 9.17) is 11.1 Å². The Kier molecular flexibility index (Phi) is 5.10. The molecule has 0 bridgehead atoms. The number of fused-ring (bicyclic) bond motifs is 1. The van der Waals surface area contributed by atoms with Gasteiger partial charge in [0.1, 0.15) is 5.75 Å². The number of hydrogen-bond donors (Lipinski definition) is 3. The number of aromatic hydroxyl groups is 1. The summed E-state index contributed by atoms with van der Waals surface area (Å²) in [6, 6.07) is 20.1. The van der Waals surface area contributed by atoms with Gasteiger partial charge < -0.3 is 16.2 Å². The standard InChI is InChI=1S/C12H11NO.C7H7NO/c1-8(13)10-7-6-9-4-2-3-5-11(9)12(10)14;8-7(9)6-4-2-1-3-5-6/h2-7,13-14H,1H3;1-5H,(H2,8,9). The van der Waals surface area contributed by atoms with Gasteiger partial charge >= 0.3 is 0 Å². The number of hydrogen-bond acceptors (Lipinski definition) is 3. The monoisotopic (exact) mass is 306 g/mol. The van der Waals surface area contributed by atoms with Crippen LogP contribution in [0, 0.1) is 5.41 Å². The highest BCUT2D eigenvalue weighted by Crippen LogP contribution is 2.28. The van der Waals surface area contributed by atoms with Crippen molar-refractivity contribution in [3.05, 3.63) is 77.9 Å². The fourth-order valence-corrected chi connectivity index (χ4v) is 2.16. The predicted molar refractivity (Wildman–Crippen MR) is 93.1 cm³/mol. The van der Waals surface area contributed by atoms with Crippen molar-refractivity contribution in [1.29, 1.82) is 5.41 Å². The number of nitrogens with one attached hydrogen (secondary N) is 1. The zero-order valence-electron chi connectivity index (χ0n) is 12.8. The summed E-state index contributed by atoms with van der Waals surface area (Å²) >= 11 is 0. The molecular weight excluding hydrogens is 288 g/mol. The van der Waals surface area contributed by atoms with Gasteiger partial charge in [0, 0.05) is 22.2 Å². The topological polar surface area (TPSA) is 87.2 Å². The van der Waals surface area contributed by atoms with Gasteiger partial charge in [-0.3, -0.25) is 4.79 Å². The third-order valence-corrected chi connectivity index (χ3v) is 3.36. The number of primary amides is 1. The maximum absolute atomic E-state index is 10.4. The fourth-order valence-electron chi connectivity index (χ4n) is 2.16. The molecular formula is C19H18N2O2. The molecule has 4 heteroatoms. The van der Waals surface area contributed by atoms with Crippen molar-refractivity contribution < 1.29 is 9.90 Å². The van der Waals surface area contributed by atoms with Crippen LogP contribution in [-0.4, -0.2) is 16.7 Å². The van der Waals surface area contributed by atoms with Crippen LogP contribution in [0.15, 0.2) is 66.7 Å². The number of phenols is 1. The number of carbonyl (C=O) groups is 1. The zero-order chi connectivity index (χ0) is 16.8. The van der Waals surface area contributed by atoms with E-state index in [9.17, 15) is 9.90 Å². The molecule has 0 radical (unpaired) electrons. The van der Waals surface area contributed by atoms with Crippen LogP contribution < -0.4 is 5.73 Å². The Morgan fingerprint density at radius 2 is 1.57 bits per heavy atom. The molecule has 3 aromatic carbocycles. The van der Waals surface area contributed by atoms with E-state index in [0.29, 0.717) is 16.8 Å². The largest absolute Gasteiger partial charge is 0.507 e. The molecule has 0 aliphatic rings. The van der Waals surface area contributed by atoms with Gasteiger partial charge in [-0.15, -0.1) is 0 Å². The second-order valence-electron chi connectivity index (χ2n) is 5.04. The Balaban J connectivity index is 0.000000185. The van der Waals surface area contributed by atoms with E-state index in [2.05, 4.69) is 0 Å². The molecule has 0 aromatic heterocycles. The first kappa shape index (κ1) is 16.2. The Morgan fingerprint density at radius 3 is 2.13 bits per heavy atom. The maximum atomic E-state index is 10.4. The Labute approximate surface area is 134 Å². The first-order valence-electron chi connectivity index (χ1n) is 7.12. The fraction of sp³-hybridized carbons (Fsp3) is 0.0526. The summed E-state index contributed by atoms with van der Waals surface area (Å²) in [5.41, 5.74) is 6.51. The Morgan fingerprint density at radius 1 is 0.957 bits per heavy atom. The molecule has 3 rings (SSSR count). The Hall–Kier alpha value is -3.14. The highest BCUT2D eigenvalue weighted by molar-refractivity contribution is 6.04. The lowest BCUT2D eigenvalue weighted by Gasteiger charge is -2.05. The predicted octanol–water partition coefficient (Wildman–Crippen LogP) is 3.72. The molecule has 3 aromatic rings. The minimum Gasteiger partial charge on any atom is -0.507 e. The second-order valence-corrected chi connectivity index (χ2v) is 5.04. The molecule has 4 N–H and O–H groups in total. The minimum absolute atomic E-state index is 0.204. The van der Waals surface area contributed by atoms with Crippen LogP contribution in [0.3, 0.4) is 0 Å². The number of amides is 1. The molecule has 0 saturated carbocycles. The second kappa shape index (κ2) is 7.22. The van der Waals surface area contributed by atoms with Crippen molar-refractivity contribution in [2.75, 3.05) is 0 Å². The first-order valence-corrected chi connectivity index (χ1v) is 7.12. The lowest BCUT2D eigenvalue weighted by molar-refractivity contribution is 0.100. The SMILES string of the molecule is CC(=N)c1ccc2ccccc2c1O.NC(=O)c1ccccc1. The van der Waals surface area contributed by atoms with Crippen molar-refractivity contribution in [3.8, 4) is 5.75 Å². The molecule has 0 atom stereocenters. The van der Waals surface area contributed by atoms with Crippen molar-refractivity contribution in [2.45, 2.75) is 6.92 Å². The van der Waals surface area contributed by atoms with Crippen LogP contribution in [0.4, 0.5) is 0 Å². The van der Waals surface area contributed by atoms with Crippen LogP contribution in [0.2, 0.25) is 0 Å². The minimum atomic E-state index is -0.379. The molecule has 23 heavy (non-hydrogen) atoms. The van der Waals surface area contributed by atoms with E-state index in [1.807, 2.05) is 36.4 Å². The molecule has 0 heterocycles. The van der Waals surface area contributed by atoms with Gasteiger partial charge in [0.15, 0.2) is 0 Å². The lowest BCUT2D eigenvalue weighted by atomic mass is 10.0. The molecule has 0 aliphatic heterocycles. The average molecular weight is 306 g/mol. The summed E-state index contributed by atoms with van der Waals surface area (Å²) in [6.07, 6.45) is 0. The highest BCUT2D eigenvalue weighted by Gasteiger charge is 2.06. The zero-order valence-corrected chi connectivity index (χ0v) is 12.8. The number of benzene rings is 3. The summed E-state index contributed by atoms with van der Waals surface area (Å²) in [5.74, 6) is -0.175. The number of phenolic OH excluding ortho intramolecular Hbond substituents is 1. The maximum Gasteiger partial charge on any atom is 0.248 e. The molecule has 1 amide bonds. The average Bonchev–Trinajstić information content (AvgIpc) is 2.56. The van der Waals surface area contributed by atoms with Gasteiger partial charge in [-0.2, -0.15) is 0 Å². The summed E-state index contributed by atoms with van der Waals surface area (Å²) in [5, 5.41) is 19.2. The molecule has 4 nitrogen and oxygen atoms in total. The van der Waals surface area contributed by atoms with E-state index >= 15 is 0 Å². The van der Waals surface area contributed by atoms with Crippen molar-refractivity contribution in [1.82, 2.24) is 0 Å². The quantitative estimate of drug-likeness (QED) is 0.630. The first-order chi connectivity index (χ1) is 11.0. The van der Waals surface area contributed by atoms with Crippen molar-refractivity contribution >= 4 is 22.4 Å². The summed E-state index contributed by atoms with van der Waals surface area (Å²) in [4.78, 5) is 10.4. The van der Waals surface area contributed by atoms with Crippen LogP contribution in [0.5, 0.6) is 5.75 Å². The third kappa shape index (κ3) is 3.95. The molecule has 0 spiro atoms.